The second-order valence-corrected chi connectivity index (χ2v) is 5.25. The van der Waals surface area contributed by atoms with Crippen LogP contribution in [0.5, 0.6) is 0 Å². The minimum Gasteiger partial charge on any atom is -0.356 e. The zero-order valence-corrected chi connectivity index (χ0v) is 11.8. The minimum absolute atomic E-state index is 0.0497. The summed E-state index contributed by atoms with van der Waals surface area (Å²) in [6, 6.07) is 5.94. The maximum Gasteiger partial charge on any atom is 0.220 e. The number of amides is 1. The Balaban J connectivity index is 1.81. The Morgan fingerprint density at radius 3 is 2.75 bits per heavy atom. The lowest BCUT2D eigenvalue weighted by atomic mass is 10.0. The molecule has 0 unspecified atom stereocenters. The van der Waals surface area contributed by atoms with Gasteiger partial charge in [-0.15, -0.1) is 0 Å². The topological polar surface area (TPSA) is 72.2 Å². The zero-order chi connectivity index (χ0) is 14.4. The van der Waals surface area contributed by atoms with Gasteiger partial charge in [0.2, 0.25) is 5.91 Å². The highest BCUT2D eigenvalue weighted by atomic mass is 16.2. The number of aryl methyl sites for hydroxylation is 2. The van der Waals surface area contributed by atoms with Crippen molar-refractivity contribution in [2.24, 2.45) is 5.73 Å². The molecule has 0 saturated carbocycles. The number of nitrogens with one attached hydrogen (secondary N) is 1. The number of benzene rings is 1. The number of Topliss-reactive ketones (excluding diaryl/α,β-unsaturated/α-hetero) is 1. The summed E-state index contributed by atoms with van der Waals surface area (Å²) in [5, 5.41) is 2.76. The van der Waals surface area contributed by atoms with E-state index >= 15 is 0 Å². The summed E-state index contributed by atoms with van der Waals surface area (Å²) in [5.74, 6) is -0.0263. The third-order valence-electron chi connectivity index (χ3n) is 3.70. The van der Waals surface area contributed by atoms with Gasteiger partial charge in [0.25, 0.3) is 0 Å². The van der Waals surface area contributed by atoms with Crippen LogP contribution < -0.4 is 11.1 Å². The van der Waals surface area contributed by atoms with Crippen LogP contribution in [0.2, 0.25) is 0 Å². The molecule has 0 bridgehead atoms. The van der Waals surface area contributed by atoms with Gasteiger partial charge in [-0.3, -0.25) is 9.59 Å². The quantitative estimate of drug-likeness (QED) is 0.586. The van der Waals surface area contributed by atoms with E-state index in [1.807, 2.05) is 12.1 Å². The summed E-state index contributed by atoms with van der Waals surface area (Å²) in [6.45, 7) is 1.15. The van der Waals surface area contributed by atoms with Gasteiger partial charge < -0.3 is 11.1 Å². The van der Waals surface area contributed by atoms with Crippen molar-refractivity contribution in [3.05, 3.63) is 34.9 Å². The maximum atomic E-state index is 12.1. The van der Waals surface area contributed by atoms with Crippen molar-refractivity contribution in [3.63, 3.8) is 0 Å². The molecule has 4 heteroatoms. The number of hydrogen-bond acceptors (Lipinski definition) is 3. The molecular weight excluding hydrogens is 252 g/mol. The van der Waals surface area contributed by atoms with E-state index in [1.54, 1.807) is 0 Å². The first-order valence-corrected chi connectivity index (χ1v) is 7.32. The Bertz CT molecular complexity index is 497. The molecule has 0 spiro atoms. The van der Waals surface area contributed by atoms with Crippen molar-refractivity contribution in [2.75, 3.05) is 13.1 Å². The maximum absolute atomic E-state index is 12.1. The number of carbonyl (C=O) groups is 2. The lowest BCUT2D eigenvalue weighted by molar-refractivity contribution is -0.121. The Kier molecular flexibility index (Phi) is 5.30. The van der Waals surface area contributed by atoms with Crippen LogP contribution in [0, 0.1) is 0 Å². The molecule has 0 fully saturated rings. The molecule has 2 rings (SSSR count). The SMILES string of the molecule is NCCCNC(=O)CCC(=O)c1ccc2c(c1)CCC2. The van der Waals surface area contributed by atoms with E-state index in [0.29, 0.717) is 13.1 Å². The molecule has 108 valence electrons. The Hall–Kier alpha value is -1.68. The molecule has 0 heterocycles. The second kappa shape index (κ2) is 7.20. The average Bonchev–Trinajstić information content (AvgIpc) is 2.92. The molecule has 0 radical (unpaired) electrons. The molecule has 3 N–H and O–H groups in total. The minimum atomic E-state index is -0.0760. The molecule has 0 aromatic heterocycles. The van der Waals surface area contributed by atoms with Gasteiger partial charge in [0, 0.05) is 24.9 Å². The van der Waals surface area contributed by atoms with Crippen LogP contribution in [0.15, 0.2) is 18.2 Å². The van der Waals surface area contributed by atoms with Crippen molar-refractivity contribution in [3.8, 4) is 0 Å². The van der Waals surface area contributed by atoms with Gasteiger partial charge in [0.05, 0.1) is 0 Å². The zero-order valence-electron chi connectivity index (χ0n) is 11.8. The smallest absolute Gasteiger partial charge is 0.220 e. The van der Waals surface area contributed by atoms with Crippen LogP contribution in [-0.4, -0.2) is 24.8 Å². The molecule has 0 saturated heterocycles. The van der Waals surface area contributed by atoms with Crippen molar-refractivity contribution >= 4 is 11.7 Å². The summed E-state index contributed by atoms with van der Waals surface area (Å²) in [5.41, 5.74) is 8.75. The van der Waals surface area contributed by atoms with Gasteiger partial charge in [0.15, 0.2) is 5.78 Å². The van der Waals surface area contributed by atoms with Crippen LogP contribution in [0.4, 0.5) is 0 Å². The molecule has 1 aromatic carbocycles. The molecule has 0 atom stereocenters. The van der Waals surface area contributed by atoms with Crippen LogP contribution in [0.3, 0.4) is 0 Å². The van der Waals surface area contributed by atoms with Gasteiger partial charge >= 0.3 is 0 Å². The predicted molar refractivity (Wildman–Crippen MR) is 78.7 cm³/mol. The summed E-state index contributed by atoms with van der Waals surface area (Å²) in [4.78, 5) is 23.6. The fraction of sp³-hybridized carbons (Fsp3) is 0.500. The van der Waals surface area contributed by atoms with E-state index in [2.05, 4.69) is 11.4 Å². The summed E-state index contributed by atoms with van der Waals surface area (Å²) < 4.78 is 0. The van der Waals surface area contributed by atoms with E-state index in [1.165, 1.54) is 17.5 Å². The van der Waals surface area contributed by atoms with Gasteiger partial charge in [0.1, 0.15) is 0 Å². The highest BCUT2D eigenvalue weighted by molar-refractivity contribution is 5.98. The molecule has 1 amide bonds. The Labute approximate surface area is 119 Å². The Morgan fingerprint density at radius 1 is 1.15 bits per heavy atom. The van der Waals surface area contributed by atoms with Crippen molar-refractivity contribution in [1.29, 1.82) is 0 Å². The van der Waals surface area contributed by atoms with Gasteiger partial charge in [-0.05, 0) is 49.4 Å². The van der Waals surface area contributed by atoms with Gasteiger partial charge in [-0.1, -0.05) is 12.1 Å². The second-order valence-electron chi connectivity index (χ2n) is 5.25. The predicted octanol–water partition coefficient (Wildman–Crippen LogP) is 1.60. The first kappa shape index (κ1) is 14.7. The third-order valence-corrected chi connectivity index (χ3v) is 3.70. The van der Waals surface area contributed by atoms with Gasteiger partial charge in [-0.25, -0.2) is 0 Å². The summed E-state index contributed by atoms with van der Waals surface area (Å²) in [7, 11) is 0. The fourth-order valence-corrected chi connectivity index (χ4v) is 2.53. The number of carbonyl (C=O) groups excluding carboxylic acids is 2. The molecule has 1 aliphatic rings. The molecule has 1 aromatic rings. The van der Waals surface area contributed by atoms with Gasteiger partial charge in [-0.2, -0.15) is 0 Å². The van der Waals surface area contributed by atoms with Crippen molar-refractivity contribution < 1.29 is 9.59 Å². The number of nitrogens with two attached hydrogens (primary N) is 1. The van der Waals surface area contributed by atoms with E-state index in [9.17, 15) is 9.59 Å². The number of ketones is 1. The van der Waals surface area contributed by atoms with Crippen LogP contribution in [0.1, 0.15) is 47.2 Å². The lowest BCUT2D eigenvalue weighted by Crippen LogP contribution is -2.26. The standard InChI is InChI=1S/C16H22N2O2/c17-9-2-10-18-16(20)8-7-15(19)14-6-5-12-3-1-4-13(12)11-14/h5-6,11H,1-4,7-10,17H2,(H,18,20). The molecule has 0 aliphatic heterocycles. The van der Waals surface area contributed by atoms with Crippen LogP contribution in [0.25, 0.3) is 0 Å². The first-order valence-electron chi connectivity index (χ1n) is 7.32. The van der Waals surface area contributed by atoms with E-state index in [-0.39, 0.29) is 24.5 Å². The van der Waals surface area contributed by atoms with E-state index in [0.717, 1.165) is 24.8 Å². The van der Waals surface area contributed by atoms with E-state index < -0.39 is 0 Å². The monoisotopic (exact) mass is 274 g/mol. The number of hydrogen-bond donors (Lipinski definition) is 2. The van der Waals surface area contributed by atoms with E-state index in [4.69, 9.17) is 5.73 Å². The highest BCUT2D eigenvalue weighted by Gasteiger charge is 2.14. The highest BCUT2D eigenvalue weighted by Crippen LogP contribution is 2.23. The number of fused-ring (bicyclic) bond motifs is 1. The fourth-order valence-electron chi connectivity index (χ4n) is 2.53. The largest absolute Gasteiger partial charge is 0.356 e. The van der Waals surface area contributed by atoms with Crippen LogP contribution in [-0.2, 0) is 17.6 Å². The first-order chi connectivity index (χ1) is 9.70. The Morgan fingerprint density at radius 2 is 1.95 bits per heavy atom. The lowest BCUT2D eigenvalue weighted by Gasteiger charge is -2.05. The van der Waals surface area contributed by atoms with Crippen molar-refractivity contribution in [2.45, 2.75) is 38.5 Å². The average molecular weight is 274 g/mol. The number of rotatable bonds is 7. The molecule has 4 nitrogen and oxygen atoms in total. The van der Waals surface area contributed by atoms with Crippen molar-refractivity contribution in [1.82, 2.24) is 5.32 Å². The molecular formula is C16H22N2O2. The van der Waals surface area contributed by atoms with Crippen LogP contribution >= 0.6 is 0 Å². The molecule has 20 heavy (non-hydrogen) atoms. The summed E-state index contributed by atoms with van der Waals surface area (Å²) in [6.07, 6.45) is 4.65. The normalized spacial score (nSPS) is 13.1. The molecule has 1 aliphatic carbocycles. The third kappa shape index (κ3) is 3.90. The summed E-state index contributed by atoms with van der Waals surface area (Å²) >= 11 is 0.